The zero-order valence-corrected chi connectivity index (χ0v) is 17.5. The van der Waals surface area contributed by atoms with Gasteiger partial charge in [-0.25, -0.2) is 8.42 Å². The van der Waals surface area contributed by atoms with Crippen molar-refractivity contribution in [3.05, 3.63) is 64.1 Å². The summed E-state index contributed by atoms with van der Waals surface area (Å²) in [5.41, 5.74) is 1.45. The number of benzene rings is 2. The van der Waals surface area contributed by atoms with E-state index >= 15 is 0 Å². The van der Waals surface area contributed by atoms with Gasteiger partial charge in [0.05, 0.1) is 18.1 Å². The van der Waals surface area contributed by atoms with Gasteiger partial charge in [-0.1, -0.05) is 34.1 Å². The van der Waals surface area contributed by atoms with E-state index < -0.39 is 9.84 Å². The number of ether oxygens (including phenoxy) is 1. The van der Waals surface area contributed by atoms with Gasteiger partial charge in [-0.3, -0.25) is 4.79 Å². The van der Waals surface area contributed by atoms with Crippen LogP contribution in [0.4, 0.5) is 0 Å². The van der Waals surface area contributed by atoms with Gasteiger partial charge in [0.1, 0.15) is 5.75 Å². The number of nitrogens with zero attached hydrogens (tertiary/aromatic N) is 1. The Hall–Kier alpha value is -1.86. The Balaban J connectivity index is 1.91. The van der Waals surface area contributed by atoms with Crippen molar-refractivity contribution in [2.75, 3.05) is 18.1 Å². The Bertz CT molecular complexity index is 929. The Morgan fingerprint density at radius 3 is 2.67 bits per heavy atom. The maximum absolute atomic E-state index is 13.3. The first-order valence-electron chi connectivity index (χ1n) is 8.86. The monoisotopic (exact) mass is 451 g/mol. The SMILES string of the molecule is CCOc1cccc(C(=O)N(Cc2cccc(Br)c2)[C@@H]2CCS(=O)(=O)C2)c1. The lowest BCUT2D eigenvalue weighted by Crippen LogP contribution is -2.40. The number of hydrogen-bond donors (Lipinski definition) is 0. The Kier molecular flexibility index (Phi) is 6.22. The van der Waals surface area contributed by atoms with E-state index in [1.54, 1.807) is 29.2 Å². The molecule has 1 fully saturated rings. The fourth-order valence-electron chi connectivity index (χ4n) is 3.27. The van der Waals surface area contributed by atoms with E-state index in [2.05, 4.69) is 15.9 Å². The van der Waals surface area contributed by atoms with Crippen molar-refractivity contribution < 1.29 is 17.9 Å². The largest absolute Gasteiger partial charge is 0.494 e. The Labute approximate surface area is 168 Å². The highest BCUT2D eigenvalue weighted by atomic mass is 79.9. The molecule has 2 aromatic rings. The third-order valence-corrected chi connectivity index (χ3v) is 6.79. The normalized spacial score (nSPS) is 18.2. The maximum atomic E-state index is 13.3. The van der Waals surface area contributed by atoms with Gasteiger partial charge in [-0.2, -0.15) is 0 Å². The molecule has 2 aromatic carbocycles. The highest BCUT2D eigenvalue weighted by Gasteiger charge is 2.35. The minimum atomic E-state index is -3.10. The van der Waals surface area contributed by atoms with Crippen LogP contribution >= 0.6 is 15.9 Å². The van der Waals surface area contributed by atoms with Gasteiger partial charge >= 0.3 is 0 Å². The predicted molar refractivity (Wildman–Crippen MR) is 109 cm³/mol. The molecular formula is C20H22BrNO4S. The zero-order valence-electron chi connectivity index (χ0n) is 15.1. The second-order valence-corrected chi connectivity index (χ2v) is 9.73. The summed E-state index contributed by atoms with van der Waals surface area (Å²) in [6, 6.07) is 14.4. The quantitative estimate of drug-likeness (QED) is 0.671. The molecule has 1 amide bonds. The number of carbonyl (C=O) groups excluding carboxylic acids is 1. The molecule has 1 aliphatic heterocycles. The summed E-state index contributed by atoms with van der Waals surface area (Å²) in [5.74, 6) is 0.583. The van der Waals surface area contributed by atoms with Gasteiger partial charge in [-0.15, -0.1) is 0 Å². The third-order valence-electron chi connectivity index (χ3n) is 4.54. The molecule has 1 aliphatic rings. The lowest BCUT2D eigenvalue weighted by molar-refractivity contribution is 0.0680. The average molecular weight is 452 g/mol. The minimum absolute atomic E-state index is 0.0118. The van der Waals surface area contributed by atoms with Crippen molar-refractivity contribution in [2.45, 2.75) is 25.9 Å². The van der Waals surface area contributed by atoms with Crippen LogP contribution in [0.25, 0.3) is 0 Å². The second-order valence-electron chi connectivity index (χ2n) is 6.58. The minimum Gasteiger partial charge on any atom is -0.494 e. The number of hydrogen-bond acceptors (Lipinski definition) is 4. The number of rotatable bonds is 6. The maximum Gasteiger partial charge on any atom is 0.254 e. The molecule has 0 aliphatic carbocycles. The fourth-order valence-corrected chi connectivity index (χ4v) is 5.45. The van der Waals surface area contributed by atoms with E-state index in [9.17, 15) is 13.2 Å². The molecule has 5 nitrogen and oxygen atoms in total. The van der Waals surface area contributed by atoms with Crippen molar-refractivity contribution in [2.24, 2.45) is 0 Å². The molecule has 0 spiro atoms. The molecule has 7 heteroatoms. The van der Waals surface area contributed by atoms with Crippen LogP contribution in [0.15, 0.2) is 53.0 Å². The predicted octanol–water partition coefficient (Wildman–Crippen LogP) is 3.68. The highest BCUT2D eigenvalue weighted by Crippen LogP contribution is 2.24. The number of halogens is 1. The summed E-state index contributed by atoms with van der Waals surface area (Å²) in [4.78, 5) is 14.9. The van der Waals surface area contributed by atoms with Gasteiger partial charge in [0.2, 0.25) is 0 Å². The average Bonchev–Trinajstić information content (AvgIpc) is 2.99. The fraction of sp³-hybridized carbons (Fsp3) is 0.350. The Morgan fingerprint density at radius 1 is 1.22 bits per heavy atom. The first-order valence-corrected chi connectivity index (χ1v) is 11.5. The Morgan fingerprint density at radius 2 is 2.00 bits per heavy atom. The molecule has 1 heterocycles. The summed E-state index contributed by atoms with van der Waals surface area (Å²) < 4.78 is 30.4. The molecule has 0 saturated carbocycles. The second kappa shape index (κ2) is 8.44. The molecule has 0 bridgehead atoms. The van der Waals surface area contributed by atoms with Gasteiger partial charge in [0, 0.05) is 22.6 Å². The third kappa shape index (κ3) is 5.11. The van der Waals surface area contributed by atoms with Crippen LogP contribution in [0.2, 0.25) is 0 Å². The van der Waals surface area contributed by atoms with Gasteiger partial charge < -0.3 is 9.64 Å². The van der Waals surface area contributed by atoms with E-state index in [-0.39, 0.29) is 23.5 Å². The lowest BCUT2D eigenvalue weighted by atomic mass is 10.1. The molecule has 0 unspecified atom stereocenters. The summed E-state index contributed by atoms with van der Waals surface area (Å²) in [6.45, 7) is 2.76. The standard InChI is InChI=1S/C20H22BrNO4S/c1-2-26-19-8-4-6-16(12-19)20(23)22(18-9-10-27(24,25)14-18)13-15-5-3-7-17(21)11-15/h3-8,11-12,18H,2,9-10,13-14H2,1H3/t18-/m1/s1. The summed E-state index contributed by atoms with van der Waals surface area (Å²) in [6.07, 6.45) is 0.466. The lowest BCUT2D eigenvalue weighted by Gasteiger charge is -2.29. The van der Waals surface area contributed by atoms with Crippen molar-refractivity contribution >= 4 is 31.7 Å². The summed E-state index contributed by atoms with van der Waals surface area (Å²) >= 11 is 3.45. The van der Waals surface area contributed by atoms with Gasteiger partial charge in [0.25, 0.3) is 5.91 Å². The highest BCUT2D eigenvalue weighted by molar-refractivity contribution is 9.10. The zero-order chi connectivity index (χ0) is 19.4. The van der Waals surface area contributed by atoms with Crippen LogP contribution in [0.5, 0.6) is 5.75 Å². The summed E-state index contributed by atoms with van der Waals surface area (Å²) in [5, 5.41) is 0. The molecular weight excluding hydrogens is 430 g/mol. The van der Waals surface area contributed by atoms with E-state index in [1.165, 1.54) is 0 Å². The van der Waals surface area contributed by atoms with E-state index in [1.807, 2.05) is 31.2 Å². The molecule has 1 atom stereocenters. The number of amides is 1. The molecule has 27 heavy (non-hydrogen) atoms. The van der Waals surface area contributed by atoms with Crippen molar-refractivity contribution in [1.82, 2.24) is 4.90 Å². The molecule has 0 aromatic heterocycles. The van der Waals surface area contributed by atoms with Crippen molar-refractivity contribution in [1.29, 1.82) is 0 Å². The molecule has 0 radical (unpaired) electrons. The van der Waals surface area contributed by atoms with Crippen molar-refractivity contribution in [3.63, 3.8) is 0 Å². The molecule has 3 rings (SSSR count). The van der Waals surface area contributed by atoms with E-state index in [0.29, 0.717) is 30.9 Å². The van der Waals surface area contributed by atoms with Crippen LogP contribution in [0.1, 0.15) is 29.3 Å². The first-order chi connectivity index (χ1) is 12.9. The van der Waals surface area contributed by atoms with E-state index in [4.69, 9.17) is 4.74 Å². The topological polar surface area (TPSA) is 63.7 Å². The van der Waals surface area contributed by atoms with Crippen LogP contribution in [-0.2, 0) is 16.4 Å². The van der Waals surface area contributed by atoms with Crippen LogP contribution < -0.4 is 4.74 Å². The van der Waals surface area contributed by atoms with Crippen LogP contribution in [0, 0.1) is 0 Å². The first kappa shape index (κ1) is 19.9. The number of carbonyl (C=O) groups is 1. The molecule has 0 N–H and O–H groups in total. The van der Waals surface area contributed by atoms with Crippen molar-refractivity contribution in [3.8, 4) is 5.75 Å². The van der Waals surface area contributed by atoms with Gasteiger partial charge in [-0.05, 0) is 49.2 Å². The number of sulfone groups is 1. The van der Waals surface area contributed by atoms with Crippen LogP contribution in [-0.4, -0.2) is 43.4 Å². The van der Waals surface area contributed by atoms with Gasteiger partial charge in [0.15, 0.2) is 9.84 Å². The summed E-state index contributed by atoms with van der Waals surface area (Å²) in [7, 11) is -3.10. The van der Waals surface area contributed by atoms with Crippen LogP contribution in [0.3, 0.4) is 0 Å². The smallest absolute Gasteiger partial charge is 0.254 e. The van der Waals surface area contributed by atoms with E-state index in [0.717, 1.165) is 10.0 Å². The molecule has 144 valence electrons. The molecule has 1 saturated heterocycles.